The zero-order chi connectivity index (χ0) is 18.1. The molecule has 4 rings (SSSR count). The first-order valence-corrected chi connectivity index (χ1v) is 8.43. The second-order valence-electron chi connectivity index (χ2n) is 6.07. The Balaban J connectivity index is 1.97. The fourth-order valence-corrected chi connectivity index (χ4v) is 3.26. The summed E-state index contributed by atoms with van der Waals surface area (Å²) in [7, 11) is 0. The van der Waals surface area contributed by atoms with E-state index in [9.17, 15) is 9.59 Å². The van der Waals surface area contributed by atoms with Gasteiger partial charge in [0.15, 0.2) is 0 Å². The van der Waals surface area contributed by atoms with Gasteiger partial charge in [0.1, 0.15) is 5.69 Å². The highest BCUT2D eigenvalue weighted by Gasteiger charge is 2.34. The van der Waals surface area contributed by atoms with Crippen molar-refractivity contribution in [3.05, 3.63) is 65.9 Å². The Morgan fingerprint density at radius 1 is 0.923 bits per heavy atom. The predicted molar refractivity (Wildman–Crippen MR) is 97.8 cm³/mol. The summed E-state index contributed by atoms with van der Waals surface area (Å²) in [6.45, 7) is 0.584. The molecule has 2 N–H and O–H groups in total. The molecule has 6 nitrogen and oxygen atoms in total. The second kappa shape index (κ2) is 6.57. The van der Waals surface area contributed by atoms with Crippen molar-refractivity contribution in [3.8, 4) is 0 Å². The third-order valence-electron chi connectivity index (χ3n) is 4.42. The van der Waals surface area contributed by atoms with Gasteiger partial charge in [-0.2, -0.15) is 5.10 Å². The highest BCUT2D eigenvalue weighted by Crippen LogP contribution is 2.34. The van der Waals surface area contributed by atoms with E-state index in [4.69, 9.17) is 5.11 Å². The topological polar surface area (TPSA) is 84.2 Å². The van der Waals surface area contributed by atoms with Crippen molar-refractivity contribution in [3.63, 3.8) is 0 Å². The van der Waals surface area contributed by atoms with Gasteiger partial charge in [-0.05, 0) is 18.1 Å². The molecule has 1 aromatic heterocycles. The number of hydrogen-bond donors (Lipinski definition) is 2. The van der Waals surface area contributed by atoms with Gasteiger partial charge in [0.25, 0.3) is 11.8 Å². The van der Waals surface area contributed by atoms with Crippen LogP contribution in [-0.2, 0) is 16.1 Å². The number of amides is 2. The first kappa shape index (κ1) is 16.2. The number of fused-ring (bicyclic) bond motifs is 1. The lowest BCUT2D eigenvalue weighted by Gasteiger charge is -2.02. The van der Waals surface area contributed by atoms with Crippen molar-refractivity contribution in [2.24, 2.45) is 0 Å². The lowest BCUT2D eigenvalue weighted by Crippen LogP contribution is -2.22. The highest BCUT2D eigenvalue weighted by molar-refractivity contribution is 6.49. The predicted octanol–water partition coefficient (Wildman–Crippen LogP) is 1.99. The fraction of sp³-hybridized carbons (Fsp3) is 0.150. The monoisotopic (exact) mass is 347 g/mol. The van der Waals surface area contributed by atoms with Crippen molar-refractivity contribution in [1.29, 1.82) is 0 Å². The van der Waals surface area contributed by atoms with Crippen molar-refractivity contribution < 1.29 is 14.7 Å². The molecule has 2 aromatic carbocycles. The van der Waals surface area contributed by atoms with E-state index in [0.717, 1.165) is 10.9 Å². The van der Waals surface area contributed by atoms with Crippen LogP contribution in [0.15, 0.2) is 54.6 Å². The number of aliphatic hydroxyl groups is 1. The van der Waals surface area contributed by atoms with E-state index in [2.05, 4.69) is 10.4 Å². The molecule has 0 unspecified atom stereocenters. The van der Waals surface area contributed by atoms with E-state index < -0.39 is 11.8 Å². The van der Waals surface area contributed by atoms with Crippen LogP contribution in [0.4, 0.5) is 0 Å². The highest BCUT2D eigenvalue weighted by atomic mass is 16.3. The number of aliphatic hydroxyl groups excluding tert-OH is 1. The summed E-state index contributed by atoms with van der Waals surface area (Å²) in [4.78, 5) is 25.0. The molecule has 0 saturated heterocycles. The van der Waals surface area contributed by atoms with Crippen LogP contribution in [0, 0.1) is 0 Å². The van der Waals surface area contributed by atoms with Crippen LogP contribution < -0.4 is 5.32 Å². The van der Waals surface area contributed by atoms with Crippen LogP contribution in [0.2, 0.25) is 0 Å². The molecule has 0 atom stereocenters. The van der Waals surface area contributed by atoms with Gasteiger partial charge in [-0.3, -0.25) is 19.6 Å². The molecule has 130 valence electrons. The molecule has 26 heavy (non-hydrogen) atoms. The molecule has 0 fully saturated rings. The van der Waals surface area contributed by atoms with E-state index in [-0.39, 0.29) is 6.61 Å². The van der Waals surface area contributed by atoms with Crippen LogP contribution in [-0.4, -0.2) is 33.3 Å². The minimum atomic E-state index is -0.439. The van der Waals surface area contributed by atoms with Crippen LogP contribution >= 0.6 is 0 Å². The zero-order valence-corrected chi connectivity index (χ0v) is 14.0. The van der Waals surface area contributed by atoms with E-state index >= 15 is 0 Å². The summed E-state index contributed by atoms with van der Waals surface area (Å²) in [5, 5.41) is 16.9. The van der Waals surface area contributed by atoms with E-state index in [1.165, 1.54) is 0 Å². The maximum Gasteiger partial charge on any atom is 0.261 e. The first-order chi connectivity index (χ1) is 12.7. The van der Waals surface area contributed by atoms with Crippen LogP contribution in [0.3, 0.4) is 0 Å². The quantitative estimate of drug-likeness (QED) is 0.691. The largest absolute Gasteiger partial charge is 0.396 e. The number of aromatic nitrogens is 2. The molecule has 0 radical (unpaired) electrons. The van der Waals surface area contributed by atoms with Gasteiger partial charge >= 0.3 is 0 Å². The zero-order valence-electron chi connectivity index (χ0n) is 14.0. The van der Waals surface area contributed by atoms with Gasteiger partial charge in [-0.15, -0.1) is 0 Å². The molecule has 6 heteroatoms. The fourth-order valence-electron chi connectivity index (χ4n) is 3.26. The SMILES string of the molecule is O=C1NC(=O)C(c2nn(CCCO)c3ccccc23)=C1c1ccccc1. The Bertz CT molecular complexity index is 1030. The van der Waals surface area contributed by atoms with Gasteiger partial charge in [-0.25, -0.2) is 0 Å². The molecular formula is C20H17N3O3. The molecule has 0 spiro atoms. The number of carbonyl (C=O) groups excluding carboxylic acids is 2. The minimum absolute atomic E-state index is 0.0560. The summed E-state index contributed by atoms with van der Waals surface area (Å²) in [6, 6.07) is 16.7. The minimum Gasteiger partial charge on any atom is -0.396 e. The molecule has 2 heterocycles. The number of benzene rings is 2. The average molecular weight is 347 g/mol. The number of carbonyl (C=O) groups is 2. The number of rotatable bonds is 5. The number of nitrogens with one attached hydrogen (secondary N) is 1. The van der Waals surface area contributed by atoms with Crippen molar-refractivity contribution in [2.75, 3.05) is 6.61 Å². The van der Waals surface area contributed by atoms with Gasteiger partial charge in [0.2, 0.25) is 0 Å². The summed E-state index contributed by atoms with van der Waals surface area (Å²) in [6.07, 6.45) is 0.556. The maximum atomic E-state index is 12.6. The van der Waals surface area contributed by atoms with Crippen molar-refractivity contribution in [1.82, 2.24) is 15.1 Å². The molecule has 2 amide bonds. The molecule has 0 bridgehead atoms. The van der Waals surface area contributed by atoms with Crippen LogP contribution in [0.1, 0.15) is 17.7 Å². The van der Waals surface area contributed by atoms with E-state index in [1.54, 1.807) is 16.8 Å². The maximum absolute atomic E-state index is 12.6. The van der Waals surface area contributed by atoms with Crippen LogP contribution in [0.5, 0.6) is 0 Å². The second-order valence-corrected chi connectivity index (χ2v) is 6.07. The van der Waals surface area contributed by atoms with Crippen LogP contribution in [0.25, 0.3) is 22.0 Å². The molecular weight excluding hydrogens is 330 g/mol. The van der Waals surface area contributed by atoms with E-state index in [0.29, 0.717) is 35.4 Å². The first-order valence-electron chi connectivity index (χ1n) is 8.43. The molecule has 3 aromatic rings. The Morgan fingerprint density at radius 2 is 1.62 bits per heavy atom. The summed E-state index contributed by atoms with van der Waals surface area (Å²) in [5.41, 5.74) is 2.66. The van der Waals surface area contributed by atoms with Crippen molar-refractivity contribution >= 4 is 33.9 Å². The Kier molecular flexibility index (Phi) is 4.10. The third-order valence-corrected chi connectivity index (χ3v) is 4.42. The summed E-state index contributed by atoms with van der Waals surface area (Å²) in [5.74, 6) is -0.850. The third kappa shape index (κ3) is 2.60. The van der Waals surface area contributed by atoms with Crippen molar-refractivity contribution in [2.45, 2.75) is 13.0 Å². The molecule has 0 aliphatic carbocycles. The van der Waals surface area contributed by atoms with Gasteiger partial charge in [0.05, 0.1) is 16.7 Å². The molecule has 0 saturated carbocycles. The average Bonchev–Trinajstić information content (AvgIpc) is 3.17. The smallest absolute Gasteiger partial charge is 0.261 e. The number of hydrogen-bond acceptors (Lipinski definition) is 4. The summed E-state index contributed by atoms with van der Waals surface area (Å²) >= 11 is 0. The van der Waals surface area contributed by atoms with E-state index in [1.807, 2.05) is 42.5 Å². The number of para-hydroxylation sites is 1. The number of aryl methyl sites for hydroxylation is 1. The molecule has 1 aliphatic rings. The Morgan fingerprint density at radius 3 is 2.38 bits per heavy atom. The standard InChI is InChI=1S/C20H17N3O3/c24-12-6-11-23-15-10-5-4-9-14(15)18(22-23)17-16(19(25)21-20(17)26)13-7-2-1-3-8-13/h1-5,7-10,24H,6,11-12H2,(H,21,25,26). The summed E-state index contributed by atoms with van der Waals surface area (Å²) < 4.78 is 1.77. The molecule has 1 aliphatic heterocycles. The normalized spacial score (nSPS) is 14.3. The lowest BCUT2D eigenvalue weighted by atomic mass is 9.98. The number of nitrogens with zero attached hydrogens (tertiary/aromatic N) is 2. The van der Waals surface area contributed by atoms with Gasteiger partial charge < -0.3 is 5.11 Å². The number of imide groups is 1. The lowest BCUT2D eigenvalue weighted by molar-refractivity contribution is -0.122. The Hall–Kier alpha value is -3.25. The van der Waals surface area contributed by atoms with Gasteiger partial charge in [-0.1, -0.05) is 48.5 Å². The van der Waals surface area contributed by atoms with Gasteiger partial charge in [0, 0.05) is 18.5 Å². The Labute approximate surface area is 149 Å².